The molecule has 0 aliphatic carbocycles. The number of halogens is 3. The van der Waals surface area contributed by atoms with E-state index in [0.29, 0.717) is 44.3 Å². The van der Waals surface area contributed by atoms with Gasteiger partial charge >= 0.3 is 12.1 Å². The van der Waals surface area contributed by atoms with Gasteiger partial charge in [0.2, 0.25) is 0 Å². The van der Waals surface area contributed by atoms with Crippen molar-refractivity contribution in [2.75, 3.05) is 37.8 Å². The highest BCUT2D eigenvalue weighted by atomic mass is 19.1. The number of benzene rings is 2. The standard InChI is InChI=1S/C36H37F3N6O4/c1-5-24-27(38)10-9-21-15-23(46)16-25(28(21)24)30-29(39)31-26(18-40-30)32(44-13-6-7-14-45(44)34(47)49-35(2,3)4)42-33(41-31)48-20-36-11-8-12-43(36)19-22(37)17-36/h1,9-10,15-16,18,22,46H,6-8,11-14,17,19-20H2,2-4H3/t22-,36+/m1/s1. The zero-order valence-electron chi connectivity index (χ0n) is 27.6. The quantitative estimate of drug-likeness (QED) is 0.237. The minimum absolute atomic E-state index is 0.0678. The monoisotopic (exact) mass is 674 g/mol. The maximum atomic E-state index is 16.9. The lowest BCUT2D eigenvalue weighted by Gasteiger charge is -2.40. The predicted molar refractivity (Wildman–Crippen MR) is 178 cm³/mol. The molecule has 13 heteroatoms. The molecule has 49 heavy (non-hydrogen) atoms. The van der Waals surface area contributed by atoms with Crippen molar-refractivity contribution in [3.63, 3.8) is 0 Å². The fourth-order valence-corrected chi connectivity index (χ4v) is 7.36. The lowest BCUT2D eigenvalue weighted by molar-refractivity contribution is 0.0190. The molecule has 3 fully saturated rings. The number of nitrogens with zero attached hydrogens (tertiary/aromatic N) is 6. The number of carbonyl (C=O) groups is 1. The fourth-order valence-electron chi connectivity index (χ4n) is 7.36. The Hall–Kier alpha value is -4.83. The first-order valence-electron chi connectivity index (χ1n) is 16.5. The van der Waals surface area contributed by atoms with E-state index in [4.69, 9.17) is 20.9 Å². The highest BCUT2D eigenvalue weighted by molar-refractivity contribution is 6.03. The summed E-state index contributed by atoms with van der Waals surface area (Å²) in [6.45, 7) is 7.17. The van der Waals surface area contributed by atoms with Gasteiger partial charge in [0.15, 0.2) is 11.6 Å². The first-order chi connectivity index (χ1) is 23.4. The molecule has 2 aromatic heterocycles. The second-order valence-corrected chi connectivity index (χ2v) is 14.0. The van der Waals surface area contributed by atoms with Crippen molar-refractivity contribution in [2.24, 2.45) is 0 Å². The van der Waals surface area contributed by atoms with Crippen LogP contribution in [0.25, 0.3) is 32.9 Å². The molecular weight excluding hydrogens is 637 g/mol. The molecule has 4 aromatic rings. The Kier molecular flexibility index (Phi) is 8.17. The number of hydrazine groups is 1. The number of alkyl halides is 1. The fraction of sp³-hybridized carbons (Fsp3) is 0.444. The topological polar surface area (TPSA) is 104 Å². The molecule has 0 unspecified atom stereocenters. The lowest BCUT2D eigenvalue weighted by atomic mass is 9.95. The number of rotatable bonds is 5. The highest BCUT2D eigenvalue weighted by Gasteiger charge is 2.49. The van der Waals surface area contributed by atoms with Crippen molar-refractivity contribution < 1.29 is 32.5 Å². The predicted octanol–water partition coefficient (Wildman–Crippen LogP) is 6.52. The molecule has 3 aliphatic rings. The number of amides is 1. The molecule has 0 spiro atoms. The molecule has 0 saturated carbocycles. The van der Waals surface area contributed by atoms with Gasteiger partial charge in [-0.15, -0.1) is 6.42 Å². The van der Waals surface area contributed by atoms with Gasteiger partial charge in [-0.3, -0.25) is 14.9 Å². The van der Waals surface area contributed by atoms with Crippen LogP contribution in [0.4, 0.5) is 23.8 Å². The van der Waals surface area contributed by atoms with E-state index in [1.165, 1.54) is 35.5 Å². The van der Waals surface area contributed by atoms with Gasteiger partial charge in [-0.05, 0) is 76.6 Å². The zero-order chi connectivity index (χ0) is 34.7. The second kappa shape index (κ2) is 12.2. The van der Waals surface area contributed by atoms with Crippen molar-refractivity contribution in [3.05, 3.63) is 47.7 Å². The number of fused-ring (bicyclic) bond motifs is 3. The van der Waals surface area contributed by atoms with Gasteiger partial charge in [-0.1, -0.05) is 12.0 Å². The summed E-state index contributed by atoms with van der Waals surface area (Å²) in [5.74, 6) is 0.745. The van der Waals surface area contributed by atoms with Gasteiger partial charge in [0.1, 0.15) is 41.2 Å². The molecular formula is C36H37F3N6O4. The van der Waals surface area contributed by atoms with Gasteiger partial charge < -0.3 is 14.6 Å². The first-order valence-corrected chi connectivity index (χ1v) is 16.5. The van der Waals surface area contributed by atoms with Crippen LogP contribution in [-0.2, 0) is 4.74 Å². The molecule has 3 saturated heterocycles. The van der Waals surface area contributed by atoms with Gasteiger partial charge in [-0.2, -0.15) is 9.97 Å². The lowest BCUT2D eigenvalue weighted by Crippen LogP contribution is -2.52. The molecule has 1 N–H and O–H groups in total. The number of ether oxygens (including phenoxy) is 2. The van der Waals surface area contributed by atoms with Crippen LogP contribution in [0.3, 0.4) is 0 Å². The average molecular weight is 675 g/mol. The third-order valence-corrected chi connectivity index (χ3v) is 9.46. The Labute approximate surface area is 281 Å². The summed E-state index contributed by atoms with van der Waals surface area (Å²) < 4.78 is 58.3. The van der Waals surface area contributed by atoms with Crippen molar-refractivity contribution in [2.45, 2.75) is 70.2 Å². The van der Waals surface area contributed by atoms with Gasteiger partial charge in [0.25, 0.3) is 0 Å². The Morgan fingerprint density at radius 3 is 2.71 bits per heavy atom. The third-order valence-electron chi connectivity index (χ3n) is 9.46. The van der Waals surface area contributed by atoms with Crippen LogP contribution in [0.15, 0.2) is 30.5 Å². The summed E-state index contributed by atoms with van der Waals surface area (Å²) in [5, 5.41) is 14.4. The molecule has 2 atom stereocenters. The van der Waals surface area contributed by atoms with Crippen molar-refractivity contribution in [3.8, 4) is 35.4 Å². The number of carbonyl (C=O) groups excluding carboxylic acids is 1. The average Bonchev–Trinajstić information content (AvgIpc) is 3.58. The number of pyridine rings is 1. The molecule has 0 radical (unpaired) electrons. The van der Waals surface area contributed by atoms with Crippen LogP contribution in [0.1, 0.15) is 58.4 Å². The third kappa shape index (κ3) is 5.92. The Morgan fingerprint density at radius 1 is 1.14 bits per heavy atom. The van der Waals surface area contributed by atoms with E-state index in [1.54, 1.807) is 25.8 Å². The van der Waals surface area contributed by atoms with E-state index in [2.05, 4.69) is 20.8 Å². The summed E-state index contributed by atoms with van der Waals surface area (Å²) in [4.78, 5) is 29.1. The highest BCUT2D eigenvalue weighted by Crippen LogP contribution is 2.42. The molecule has 2 aromatic carbocycles. The number of terminal acetylenes is 1. The zero-order valence-corrected chi connectivity index (χ0v) is 27.6. The smallest absolute Gasteiger partial charge is 0.429 e. The molecule has 5 heterocycles. The van der Waals surface area contributed by atoms with E-state index < -0.39 is 35.0 Å². The van der Waals surface area contributed by atoms with E-state index in [-0.39, 0.29) is 57.3 Å². The van der Waals surface area contributed by atoms with Crippen LogP contribution in [0.2, 0.25) is 0 Å². The van der Waals surface area contributed by atoms with Gasteiger partial charge in [0, 0.05) is 43.2 Å². The maximum absolute atomic E-state index is 16.9. The molecule has 10 nitrogen and oxygen atoms in total. The number of anilines is 1. The number of hydrogen-bond acceptors (Lipinski definition) is 9. The SMILES string of the molecule is C#Cc1c(F)ccc2cc(O)cc(-c3ncc4c(N5CCCCN5C(=O)OC(C)(C)C)nc(OC[C@@]56CCCN5C[C@H](F)C6)nc4c3F)c12. The van der Waals surface area contributed by atoms with E-state index in [0.717, 1.165) is 19.4 Å². The van der Waals surface area contributed by atoms with E-state index in [9.17, 15) is 18.7 Å². The van der Waals surface area contributed by atoms with Gasteiger partial charge in [-0.25, -0.2) is 23.0 Å². The number of hydrogen-bond donors (Lipinski definition) is 1. The van der Waals surface area contributed by atoms with Crippen LogP contribution < -0.4 is 9.75 Å². The molecule has 0 bridgehead atoms. The van der Waals surface area contributed by atoms with Crippen molar-refractivity contribution in [1.82, 2.24) is 24.9 Å². The molecule has 3 aliphatic heterocycles. The maximum Gasteiger partial charge on any atom is 0.429 e. The van der Waals surface area contributed by atoms with Gasteiger partial charge in [0.05, 0.1) is 16.5 Å². The second-order valence-electron chi connectivity index (χ2n) is 14.0. The summed E-state index contributed by atoms with van der Waals surface area (Å²) in [6, 6.07) is 5.15. The minimum Gasteiger partial charge on any atom is -0.508 e. The number of aromatic nitrogens is 3. The number of phenols is 1. The van der Waals surface area contributed by atoms with Crippen molar-refractivity contribution in [1.29, 1.82) is 0 Å². The minimum atomic E-state index is -0.978. The molecule has 7 rings (SSSR count). The molecule has 256 valence electrons. The van der Waals surface area contributed by atoms with Crippen LogP contribution in [0, 0.1) is 24.0 Å². The van der Waals surface area contributed by atoms with Crippen LogP contribution >= 0.6 is 0 Å². The number of aromatic hydroxyl groups is 1. The first kappa shape index (κ1) is 32.7. The van der Waals surface area contributed by atoms with Crippen molar-refractivity contribution >= 4 is 33.6 Å². The number of phenolic OH excluding ortho intramolecular Hbond substituents is 1. The Bertz CT molecular complexity index is 2010. The Morgan fingerprint density at radius 2 is 1.94 bits per heavy atom. The summed E-state index contributed by atoms with van der Waals surface area (Å²) in [7, 11) is 0. The van der Waals surface area contributed by atoms with E-state index >= 15 is 4.39 Å². The largest absolute Gasteiger partial charge is 0.508 e. The summed E-state index contributed by atoms with van der Waals surface area (Å²) in [6.07, 6.45) is 8.86. The molecule has 1 amide bonds. The normalized spacial score (nSPS) is 21.3. The summed E-state index contributed by atoms with van der Waals surface area (Å²) in [5.41, 5.74) is -1.74. The Balaban J connectivity index is 1.39. The summed E-state index contributed by atoms with van der Waals surface area (Å²) >= 11 is 0. The van der Waals surface area contributed by atoms with Crippen LogP contribution in [-0.4, -0.2) is 86.2 Å². The van der Waals surface area contributed by atoms with E-state index in [1.807, 2.05) is 0 Å². The van der Waals surface area contributed by atoms with Crippen LogP contribution in [0.5, 0.6) is 11.8 Å².